The highest BCUT2D eigenvalue weighted by Crippen LogP contribution is 2.18. The van der Waals surface area contributed by atoms with Crippen molar-refractivity contribution in [3.05, 3.63) is 69.8 Å². The van der Waals surface area contributed by atoms with Gasteiger partial charge in [-0.1, -0.05) is 35.5 Å². The predicted octanol–water partition coefficient (Wildman–Crippen LogP) is 2.53. The molecule has 0 aliphatic rings. The zero-order chi connectivity index (χ0) is 18.4. The summed E-state index contributed by atoms with van der Waals surface area (Å²) in [7, 11) is 0. The van der Waals surface area contributed by atoms with E-state index in [1.54, 1.807) is 12.1 Å². The van der Waals surface area contributed by atoms with E-state index >= 15 is 0 Å². The maximum absolute atomic E-state index is 12.0. The standard InChI is InChI=1S/C17H17N3O5/c1-11-6-3-4-9-15(11)24-12(2)17(21)25-19-16(18)13-7-5-8-14(10-13)20(22)23/h3-10,12H,1-2H3,(H2,18,19)/t12-/m1/s1. The number of nitrogens with two attached hydrogens (primary N) is 1. The number of para-hydroxylation sites is 1. The molecule has 8 heteroatoms. The first-order valence-electron chi connectivity index (χ1n) is 7.40. The van der Waals surface area contributed by atoms with E-state index in [1.807, 2.05) is 19.1 Å². The molecular formula is C17H17N3O5. The van der Waals surface area contributed by atoms with Gasteiger partial charge in [-0.15, -0.1) is 0 Å². The molecule has 0 radical (unpaired) electrons. The third kappa shape index (κ3) is 4.77. The van der Waals surface area contributed by atoms with Crippen LogP contribution in [0.2, 0.25) is 0 Å². The minimum atomic E-state index is -0.900. The molecule has 0 saturated carbocycles. The number of non-ortho nitro benzene ring substituents is 1. The Morgan fingerprint density at radius 3 is 2.64 bits per heavy atom. The SMILES string of the molecule is Cc1ccccc1O[C@H](C)C(=O)O/N=C(/N)c1cccc([N+](=O)[O-])c1. The van der Waals surface area contributed by atoms with Crippen LogP contribution in [0.15, 0.2) is 53.7 Å². The Morgan fingerprint density at radius 1 is 1.24 bits per heavy atom. The number of oxime groups is 1. The normalized spacial score (nSPS) is 12.3. The summed E-state index contributed by atoms with van der Waals surface area (Å²) in [5.41, 5.74) is 6.71. The first kappa shape index (κ1) is 17.9. The van der Waals surface area contributed by atoms with E-state index in [0.29, 0.717) is 5.75 Å². The van der Waals surface area contributed by atoms with Gasteiger partial charge in [0.1, 0.15) is 5.75 Å². The van der Waals surface area contributed by atoms with Crippen molar-refractivity contribution >= 4 is 17.5 Å². The molecule has 0 aliphatic carbocycles. The number of nitrogens with zero attached hydrogens (tertiary/aromatic N) is 2. The Balaban J connectivity index is 2.02. The third-order valence-corrected chi connectivity index (χ3v) is 3.32. The minimum Gasteiger partial charge on any atom is -0.479 e. The molecule has 2 rings (SSSR count). The van der Waals surface area contributed by atoms with E-state index < -0.39 is 17.0 Å². The van der Waals surface area contributed by atoms with Gasteiger partial charge in [0.15, 0.2) is 11.9 Å². The molecule has 2 N–H and O–H groups in total. The quantitative estimate of drug-likeness (QED) is 0.283. The number of aryl methyl sites for hydroxylation is 1. The van der Waals surface area contributed by atoms with Crippen LogP contribution in [0.25, 0.3) is 0 Å². The van der Waals surface area contributed by atoms with Crippen molar-refractivity contribution in [1.82, 2.24) is 0 Å². The number of hydrogen-bond donors (Lipinski definition) is 1. The van der Waals surface area contributed by atoms with Gasteiger partial charge in [-0.05, 0) is 25.5 Å². The summed E-state index contributed by atoms with van der Waals surface area (Å²) in [6.45, 7) is 3.37. The molecule has 0 aromatic heterocycles. The van der Waals surface area contributed by atoms with Crippen molar-refractivity contribution in [2.24, 2.45) is 10.9 Å². The minimum absolute atomic E-state index is 0.141. The lowest BCUT2D eigenvalue weighted by Crippen LogP contribution is -2.26. The fourth-order valence-corrected chi connectivity index (χ4v) is 1.93. The van der Waals surface area contributed by atoms with Crippen LogP contribution in [0.4, 0.5) is 5.69 Å². The number of benzene rings is 2. The number of carbonyl (C=O) groups is 1. The van der Waals surface area contributed by atoms with E-state index in [4.69, 9.17) is 15.3 Å². The molecular weight excluding hydrogens is 326 g/mol. The lowest BCUT2D eigenvalue weighted by atomic mass is 10.2. The van der Waals surface area contributed by atoms with E-state index in [9.17, 15) is 14.9 Å². The summed E-state index contributed by atoms with van der Waals surface area (Å²) < 4.78 is 5.52. The Labute approximate surface area is 144 Å². The Morgan fingerprint density at radius 2 is 1.96 bits per heavy atom. The molecule has 0 heterocycles. The third-order valence-electron chi connectivity index (χ3n) is 3.32. The molecule has 0 amide bonds. The van der Waals surface area contributed by atoms with E-state index in [1.165, 1.54) is 31.2 Å². The highest BCUT2D eigenvalue weighted by atomic mass is 16.7. The first-order chi connectivity index (χ1) is 11.9. The van der Waals surface area contributed by atoms with E-state index in [-0.39, 0.29) is 17.1 Å². The van der Waals surface area contributed by atoms with Crippen LogP contribution >= 0.6 is 0 Å². The number of carbonyl (C=O) groups excluding carboxylic acids is 1. The van der Waals surface area contributed by atoms with Gasteiger partial charge in [0.2, 0.25) is 0 Å². The maximum atomic E-state index is 12.0. The highest BCUT2D eigenvalue weighted by molar-refractivity contribution is 5.98. The summed E-state index contributed by atoms with van der Waals surface area (Å²) in [6, 6.07) is 12.8. The molecule has 8 nitrogen and oxygen atoms in total. The lowest BCUT2D eigenvalue weighted by molar-refractivity contribution is -0.384. The van der Waals surface area contributed by atoms with Crippen molar-refractivity contribution < 1.29 is 19.3 Å². The zero-order valence-corrected chi connectivity index (χ0v) is 13.7. The molecule has 0 saturated heterocycles. The van der Waals surface area contributed by atoms with Gasteiger partial charge in [-0.2, -0.15) is 0 Å². The van der Waals surface area contributed by atoms with Crippen LogP contribution in [0.5, 0.6) is 5.75 Å². The van der Waals surface area contributed by atoms with Crippen LogP contribution in [-0.4, -0.2) is 22.8 Å². The van der Waals surface area contributed by atoms with Crippen LogP contribution < -0.4 is 10.5 Å². The second kappa shape index (κ2) is 7.91. The topological polar surface area (TPSA) is 117 Å². The fraction of sp³-hybridized carbons (Fsp3) is 0.176. The summed E-state index contributed by atoms with van der Waals surface area (Å²) in [4.78, 5) is 26.9. The van der Waals surface area contributed by atoms with Crippen molar-refractivity contribution in [3.63, 3.8) is 0 Å². The monoisotopic (exact) mass is 343 g/mol. The van der Waals surface area contributed by atoms with Crippen LogP contribution in [0, 0.1) is 17.0 Å². The van der Waals surface area contributed by atoms with Gasteiger partial charge < -0.3 is 15.3 Å². The van der Waals surface area contributed by atoms with Crippen molar-refractivity contribution in [2.75, 3.05) is 0 Å². The summed E-state index contributed by atoms with van der Waals surface area (Å²) in [6.07, 6.45) is -0.900. The molecule has 1 atom stereocenters. The number of amidine groups is 1. The molecule has 25 heavy (non-hydrogen) atoms. The van der Waals surface area contributed by atoms with Crippen LogP contribution in [0.3, 0.4) is 0 Å². The number of ether oxygens (including phenoxy) is 1. The average Bonchev–Trinajstić information content (AvgIpc) is 2.61. The maximum Gasteiger partial charge on any atom is 0.374 e. The Hall–Kier alpha value is -3.42. The second-order valence-corrected chi connectivity index (χ2v) is 5.22. The van der Waals surface area contributed by atoms with Crippen molar-refractivity contribution in [2.45, 2.75) is 20.0 Å². The molecule has 0 spiro atoms. The largest absolute Gasteiger partial charge is 0.479 e. The van der Waals surface area contributed by atoms with Gasteiger partial charge in [0.05, 0.1) is 4.92 Å². The Bertz CT molecular complexity index is 819. The van der Waals surface area contributed by atoms with Crippen molar-refractivity contribution in [3.8, 4) is 5.75 Å². The van der Waals surface area contributed by atoms with Gasteiger partial charge in [0, 0.05) is 17.7 Å². The smallest absolute Gasteiger partial charge is 0.374 e. The molecule has 0 aliphatic heterocycles. The number of nitro benzene ring substituents is 1. The van der Waals surface area contributed by atoms with Crippen LogP contribution in [0.1, 0.15) is 18.1 Å². The molecule has 2 aromatic rings. The second-order valence-electron chi connectivity index (χ2n) is 5.22. The summed E-state index contributed by atoms with van der Waals surface area (Å²) in [5, 5.41) is 14.3. The molecule has 0 unspecified atom stereocenters. The van der Waals surface area contributed by atoms with Gasteiger partial charge in [-0.3, -0.25) is 10.1 Å². The molecule has 0 bridgehead atoms. The summed E-state index contributed by atoms with van der Waals surface area (Å²) >= 11 is 0. The number of rotatable bonds is 6. The highest BCUT2D eigenvalue weighted by Gasteiger charge is 2.18. The van der Waals surface area contributed by atoms with Gasteiger partial charge in [-0.25, -0.2) is 4.79 Å². The number of hydrogen-bond acceptors (Lipinski definition) is 6. The van der Waals surface area contributed by atoms with E-state index in [2.05, 4.69) is 5.16 Å². The zero-order valence-electron chi connectivity index (χ0n) is 13.7. The molecule has 130 valence electrons. The summed E-state index contributed by atoms with van der Waals surface area (Å²) in [5.74, 6) is -0.334. The number of nitro groups is 1. The van der Waals surface area contributed by atoms with Crippen LogP contribution in [-0.2, 0) is 9.63 Å². The molecule has 2 aromatic carbocycles. The van der Waals surface area contributed by atoms with Crippen molar-refractivity contribution in [1.29, 1.82) is 0 Å². The van der Waals surface area contributed by atoms with Gasteiger partial charge >= 0.3 is 5.97 Å². The lowest BCUT2D eigenvalue weighted by Gasteiger charge is -2.13. The van der Waals surface area contributed by atoms with E-state index in [0.717, 1.165) is 5.56 Å². The Kier molecular flexibility index (Phi) is 5.67. The fourth-order valence-electron chi connectivity index (χ4n) is 1.93. The molecule has 0 fully saturated rings. The first-order valence-corrected chi connectivity index (χ1v) is 7.40. The predicted molar refractivity (Wildman–Crippen MR) is 91.2 cm³/mol. The average molecular weight is 343 g/mol. The van der Waals surface area contributed by atoms with Gasteiger partial charge in [0.25, 0.3) is 5.69 Å².